The summed E-state index contributed by atoms with van der Waals surface area (Å²) in [5.41, 5.74) is 2.87. The predicted molar refractivity (Wildman–Crippen MR) is 162 cm³/mol. The number of benzene rings is 2. The van der Waals surface area contributed by atoms with Gasteiger partial charge in [-0.1, -0.05) is 41.6 Å². The predicted octanol–water partition coefficient (Wildman–Crippen LogP) is 6.05. The molecule has 7 rings (SSSR count). The van der Waals surface area contributed by atoms with E-state index < -0.39 is 0 Å². The Balaban J connectivity index is 1.03. The molecule has 0 spiro atoms. The highest BCUT2D eigenvalue weighted by atomic mass is 35.5. The minimum atomic E-state index is -0.106. The Morgan fingerprint density at radius 2 is 1.95 bits per heavy atom. The number of aromatic amines is 1. The minimum Gasteiger partial charge on any atom is -0.461 e. The van der Waals surface area contributed by atoms with Crippen molar-refractivity contribution in [3.05, 3.63) is 98.5 Å². The van der Waals surface area contributed by atoms with Gasteiger partial charge >= 0.3 is 5.69 Å². The first-order chi connectivity index (χ1) is 20.5. The average Bonchev–Trinajstić information content (AvgIpc) is 3.81. The quantitative estimate of drug-likeness (QED) is 0.217. The maximum Gasteiger partial charge on any atom is 0.326 e. The summed E-state index contributed by atoms with van der Waals surface area (Å²) < 4.78 is 9.32. The molecule has 0 unspecified atom stereocenters. The second kappa shape index (κ2) is 11.3. The SMILES string of the molecule is O=C(c1csc(CSc2nnc(-c3ccco3)n2-c2cccc(Cl)c2)n1)N1CCC(n2c(=O)[nH]c3ccccc32)CC1. The van der Waals surface area contributed by atoms with Gasteiger partial charge in [-0.15, -0.1) is 21.5 Å². The van der Waals surface area contributed by atoms with Crippen molar-refractivity contribution < 1.29 is 9.21 Å². The largest absolute Gasteiger partial charge is 0.461 e. The number of furan rings is 1. The molecule has 1 aliphatic rings. The topological polar surface area (TPSA) is 115 Å². The molecule has 1 aliphatic heterocycles. The Bertz CT molecular complexity index is 1930. The van der Waals surface area contributed by atoms with Crippen molar-refractivity contribution in [2.75, 3.05) is 13.1 Å². The van der Waals surface area contributed by atoms with Crippen molar-refractivity contribution in [3.63, 3.8) is 0 Å². The van der Waals surface area contributed by atoms with Gasteiger partial charge in [-0.2, -0.15) is 0 Å². The Labute approximate surface area is 253 Å². The standard InChI is InChI=1S/C29H24ClN7O3S2/c30-18-5-3-6-20(15-18)37-26(24-9-4-14-40-24)33-34-29(37)42-17-25-31-22(16-41-25)27(38)35-12-10-19(11-13-35)36-23-8-2-1-7-21(23)32-28(36)39/h1-9,14-16,19H,10-13,17H2,(H,32,39). The summed E-state index contributed by atoms with van der Waals surface area (Å²) in [6.45, 7) is 1.13. The lowest BCUT2D eigenvalue weighted by molar-refractivity contribution is 0.0689. The molecule has 0 bridgehead atoms. The van der Waals surface area contributed by atoms with E-state index in [2.05, 4.69) is 20.2 Å². The number of nitrogens with one attached hydrogen (secondary N) is 1. The molecular weight excluding hydrogens is 594 g/mol. The van der Waals surface area contributed by atoms with E-state index in [1.54, 1.807) is 12.3 Å². The van der Waals surface area contributed by atoms with Gasteiger partial charge in [0.05, 0.1) is 28.7 Å². The molecule has 212 valence electrons. The Kier molecular flexibility index (Phi) is 7.18. The summed E-state index contributed by atoms with van der Waals surface area (Å²) in [4.78, 5) is 35.3. The number of aromatic nitrogens is 6. The van der Waals surface area contributed by atoms with E-state index in [9.17, 15) is 9.59 Å². The van der Waals surface area contributed by atoms with E-state index in [0.29, 0.717) is 59.1 Å². The molecule has 13 heteroatoms. The highest BCUT2D eigenvalue weighted by Crippen LogP contribution is 2.32. The number of halogens is 1. The average molecular weight is 618 g/mol. The molecule has 0 atom stereocenters. The fourth-order valence-corrected chi connectivity index (χ4v) is 7.23. The van der Waals surface area contributed by atoms with Gasteiger partial charge in [0, 0.05) is 29.5 Å². The highest BCUT2D eigenvalue weighted by Gasteiger charge is 2.28. The third-order valence-electron chi connectivity index (χ3n) is 7.28. The maximum atomic E-state index is 13.3. The maximum absolute atomic E-state index is 13.3. The van der Waals surface area contributed by atoms with Crippen molar-refractivity contribution >= 4 is 51.6 Å². The Hall–Kier alpha value is -4.13. The normalized spacial score (nSPS) is 14.2. The van der Waals surface area contributed by atoms with Crippen LogP contribution in [0.4, 0.5) is 0 Å². The van der Waals surface area contributed by atoms with Crippen LogP contribution in [0, 0.1) is 0 Å². The number of H-pyrrole nitrogens is 1. The van der Waals surface area contributed by atoms with Gasteiger partial charge in [-0.25, -0.2) is 9.78 Å². The first kappa shape index (κ1) is 26.7. The number of carbonyl (C=O) groups excluding carboxylic acids is 1. The number of hydrogen-bond donors (Lipinski definition) is 1. The number of para-hydroxylation sites is 2. The first-order valence-electron chi connectivity index (χ1n) is 13.4. The van der Waals surface area contributed by atoms with Crippen LogP contribution in [0.2, 0.25) is 5.02 Å². The van der Waals surface area contributed by atoms with E-state index in [0.717, 1.165) is 21.7 Å². The van der Waals surface area contributed by atoms with Gasteiger partial charge in [0.25, 0.3) is 5.91 Å². The summed E-state index contributed by atoms with van der Waals surface area (Å²) >= 11 is 9.20. The van der Waals surface area contributed by atoms with Gasteiger partial charge in [-0.05, 0) is 55.3 Å². The van der Waals surface area contributed by atoms with E-state index in [-0.39, 0.29) is 17.6 Å². The van der Waals surface area contributed by atoms with Gasteiger partial charge in [0.1, 0.15) is 10.7 Å². The van der Waals surface area contributed by atoms with E-state index in [4.69, 9.17) is 16.0 Å². The molecular formula is C29H24ClN7O3S2. The molecule has 4 aromatic heterocycles. The number of rotatable bonds is 7. The number of amides is 1. The molecule has 10 nitrogen and oxygen atoms in total. The van der Waals surface area contributed by atoms with Crippen molar-refractivity contribution in [1.29, 1.82) is 0 Å². The van der Waals surface area contributed by atoms with Crippen molar-refractivity contribution in [1.82, 2.24) is 34.2 Å². The van der Waals surface area contributed by atoms with Gasteiger partial charge in [0.2, 0.25) is 5.82 Å². The third-order valence-corrected chi connectivity index (χ3v) is 9.48. The van der Waals surface area contributed by atoms with Crippen molar-refractivity contribution in [2.24, 2.45) is 0 Å². The smallest absolute Gasteiger partial charge is 0.326 e. The molecule has 6 aromatic rings. The van der Waals surface area contributed by atoms with Crippen LogP contribution in [0.5, 0.6) is 0 Å². The summed E-state index contributed by atoms with van der Waals surface area (Å²) in [5.74, 6) is 1.59. The number of piperidine rings is 1. The molecule has 2 aromatic carbocycles. The van der Waals surface area contributed by atoms with Crippen LogP contribution in [-0.2, 0) is 5.75 Å². The minimum absolute atomic E-state index is 0.0445. The molecule has 1 N–H and O–H groups in total. The lowest BCUT2D eigenvalue weighted by atomic mass is 10.0. The third kappa shape index (κ3) is 5.06. The molecule has 1 amide bonds. The summed E-state index contributed by atoms with van der Waals surface area (Å²) in [6, 6.07) is 18.9. The van der Waals surface area contributed by atoms with Crippen LogP contribution >= 0.6 is 34.7 Å². The fraction of sp³-hybridized carbons (Fsp3) is 0.207. The van der Waals surface area contributed by atoms with E-state index in [1.165, 1.54) is 23.1 Å². The fourth-order valence-electron chi connectivity index (χ4n) is 5.30. The van der Waals surface area contributed by atoms with Crippen LogP contribution < -0.4 is 5.69 Å². The molecule has 0 saturated carbocycles. The number of imidazole rings is 1. The van der Waals surface area contributed by atoms with Crippen LogP contribution in [0.3, 0.4) is 0 Å². The summed E-state index contributed by atoms with van der Waals surface area (Å²) in [6.07, 6.45) is 3.01. The van der Waals surface area contributed by atoms with Crippen LogP contribution in [0.25, 0.3) is 28.3 Å². The number of thioether (sulfide) groups is 1. The number of likely N-dealkylation sites (tertiary alicyclic amines) is 1. The van der Waals surface area contributed by atoms with Crippen LogP contribution in [0.15, 0.2) is 86.7 Å². The van der Waals surface area contributed by atoms with Gasteiger partial charge < -0.3 is 14.3 Å². The summed E-state index contributed by atoms with van der Waals surface area (Å²) in [5, 5.41) is 12.7. The lowest BCUT2D eigenvalue weighted by Gasteiger charge is -2.32. The Morgan fingerprint density at radius 1 is 1.10 bits per heavy atom. The second-order valence-electron chi connectivity index (χ2n) is 9.85. The summed E-state index contributed by atoms with van der Waals surface area (Å²) in [7, 11) is 0. The molecule has 1 saturated heterocycles. The number of carbonyl (C=O) groups is 1. The number of thiazole rings is 1. The first-order valence-corrected chi connectivity index (χ1v) is 15.6. The van der Waals surface area contributed by atoms with Gasteiger partial charge in [0.15, 0.2) is 10.9 Å². The van der Waals surface area contributed by atoms with Crippen LogP contribution in [-0.4, -0.2) is 53.2 Å². The molecule has 0 radical (unpaired) electrons. The lowest BCUT2D eigenvalue weighted by Crippen LogP contribution is -2.40. The molecule has 42 heavy (non-hydrogen) atoms. The monoisotopic (exact) mass is 617 g/mol. The zero-order valence-electron chi connectivity index (χ0n) is 22.1. The number of nitrogens with zero attached hydrogens (tertiary/aromatic N) is 6. The van der Waals surface area contributed by atoms with E-state index >= 15 is 0 Å². The molecule has 1 fully saturated rings. The highest BCUT2D eigenvalue weighted by molar-refractivity contribution is 7.98. The Morgan fingerprint density at radius 3 is 2.76 bits per heavy atom. The van der Waals surface area contributed by atoms with Crippen molar-refractivity contribution in [2.45, 2.75) is 29.8 Å². The molecule has 0 aliphatic carbocycles. The van der Waals surface area contributed by atoms with E-state index in [1.807, 2.05) is 74.0 Å². The van der Waals surface area contributed by atoms with Gasteiger partial charge in [-0.3, -0.25) is 13.9 Å². The zero-order valence-corrected chi connectivity index (χ0v) is 24.5. The van der Waals surface area contributed by atoms with Crippen LogP contribution in [0.1, 0.15) is 34.4 Å². The number of hydrogen-bond acceptors (Lipinski definition) is 8. The number of fused-ring (bicyclic) bond motifs is 1. The molecule has 5 heterocycles. The zero-order chi connectivity index (χ0) is 28.6. The second-order valence-corrected chi connectivity index (χ2v) is 12.2. The van der Waals surface area contributed by atoms with Crippen molar-refractivity contribution in [3.8, 4) is 17.3 Å².